The Labute approximate surface area is 137 Å². The van der Waals surface area contributed by atoms with Gasteiger partial charge in [-0.3, -0.25) is 4.79 Å². The zero-order valence-electron chi connectivity index (χ0n) is 13.3. The molecule has 0 spiro atoms. The van der Waals surface area contributed by atoms with Crippen LogP contribution in [0.5, 0.6) is 0 Å². The number of carbonyl (C=O) groups excluding carboxylic acids is 1. The van der Waals surface area contributed by atoms with Crippen LogP contribution < -0.4 is 10.6 Å². The van der Waals surface area contributed by atoms with E-state index in [-0.39, 0.29) is 12.0 Å². The van der Waals surface area contributed by atoms with Crippen molar-refractivity contribution in [3.63, 3.8) is 0 Å². The molecule has 0 aliphatic carbocycles. The van der Waals surface area contributed by atoms with Gasteiger partial charge in [0.2, 0.25) is 0 Å². The molecule has 4 nitrogen and oxygen atoms in total. The molecule has 0 radical (unpaired) electrons. The fourth-order valence-corrected chi connectivity index (χ4v) is 2.92. The van der Waals surface area contributed by atoms with Crippen molar-refractivity contribution in [2.75, 3.05) is 33.4 Å². The lowest BCUT2D eigenvalue weighted by atomic mass is 9.79. The molecule has 1 aromatic carbocycles. The van der Waals surface area contributed by atoms with E-state index in [1.807, 2.05) is 0 Å². The summed E-state index contributed by atoms with van der Waals surface area (Å²) >= 11 is 0. The van der Waals surface area contributed by atoms with Crippen LogP contribution in [0.25, 0.3) is 0 Å². The highest BCUT2D eigenvalue weighted by Crippen LogP contribution is 2.32. The summed E-state index contributed by atoms with van der Waals surface area (Å²) in [5.74, 6) is -2.40. The van der Waals surface area contributed by atoms with Gasteiger partial charge in [-0.15, -0.1) is 0 Å². The highest BCUT2D eigenvalue weighted by Gasteiger charge is 2.36. The molecule has 1 aliphatic rings. The number of carbonyl (C=O) groups is 1. The van der Waals surface area contributed by atoms with Crippen LogP contribution >= 0.6 is 0 Å². The fourth-order valence-electron chi connectivity index (χ4n) is 2.92. The number of ether oxygens (including phenoxy) is 1. The maximum Gasteiger partial charge on any atom is 0.419 e. The Balaban J connectivity index is 2.12. The highest BCUT2D eigenvalue weighted by molar-refractivity contribution is 5.94. The van der Waals surface area contributed by atoms with E-state index >= 15 is 0 Å². The smallest absolute Gasteiger partial charge is 0.384 e. The Morgan fingerprint density at radius 3 is 2.58 bits per heavy atom. The van der Waals surface area contributed by atoms with Crippen LogP contribution in [0.15, 0.2) is 18.2 Å². The average Bonchev–Trinajstić information content (AvgIpc) is 2.53. The number of hydrogen-bond donors (Lipinski definition) is 2. The Morgan fingerprint density at radius 2 is 2.00 bits per heavy atom. The van der Waals surface area contributed by atoms with E-state index in [0.717, 1.165) is 38.1 Å². The van der Waals surface area contributed by atoms with Crippen molar-refractivity contribution in [2.24, 2.45) is 5.41 Å². The molecule has 0 saturated carbocycles. The average molecular weight is 348 g/mol. The fraction of sp³-hybridized carbons (Fsp3) is 0.562. The monoisotopic (exact) mass is 348 g/mol. The van der Waals surface area contributed by atoms with Gasteiger partial charge in [0.1, 0.15) is 5.82 Å². The number of rotatable bonds is 5. The number of halogens is 4. The molecule has 134 valence electrons. The molecule has 2 rings (SSSR count). The van der Waals surface area contributed by atoms with E-state index in [9.17, 15) is 22.4 Å². The topological polar surface area (TPSA) is 50.4 Å². The summed E-state index contributed by atoms with van der Waals surface area (Å²) in [6, 6.07) is 2.69. The first-order chi connectivity index (χ1) is 11.3. The zero-order valence-corrected chi connectivity index (χ0v) is 13.3. The number of benzene rings is 1. The van der Waals surface area contributed by atoms with Crippen LogP contribution in [0.4, 0.5) is 17.6 Å². The number of alkyl halides is 3. The molecule has 24 heavy (non-hydrogen) atoms. The predicted molar refractivity (Wildman–Crippen MR) is 80.1 cm³/mol. The van der Waals surface area contributed by atoms with Gasteiger partial charge in [0.15, 0.2) is 0 Å². The lowest BCUT2D eigenvalue weighted by Gasteiger charge is -2.37. The minimum atomic E-state index is -4.84. The van der Waals surface area contributed by atoms with Crippen molar-refractivity contribution in [1.82, 2.24) is 10.6 Å². The number of nitrogens with one attached hydrogen (secondary N) is 2. The second-order valence-corrected chi connectivity index (χ2v) is 6.03. The van der Waals surface area contributed by atoms with E-state index in [1.54, 1.807) is 7.11 Å². The van der Waals surface area contributed by atoms with Gasteiger partial charge < -0.3 is 15.4 Å². The normalized spacial score (nSPS) is 17.5. The number of amides is 1. The van der Waals surface area contributed by atoms with Crippen molar-refractivity contribution < 1.29 is 27.1 Å². The van der Waals surface area contributed by atoms with E-state index in [1.165, 1.54) is 0 Å². The summed E-state index contributed by atoms with van der Waals surface area (Å²) in [5.41, 5.74) is -2.34. The molecule has 8 heteroatoms. The van der Waals surface area contributed by atoms with Crippen molar-refractivity contribution in [3.05, 3.63) is 35.1 Å². The van der Waals surface area contributed by atoms with Gasteiger partial charge in [-0.05, 0) is 38.1 Å². The maximum absolute atomic E-state index is 14.0. The molecule has 0 atom stereocenters. The molecule has 1 heterocycles. The van der Waals surface area contributed by atoms with E-state index in [0.29, 0.717) is 12.7 Å². The molecule has 1 amide bonds. The predicted octanol–water partition coefficient (Wildman–Crippen LogP) is 2.59. The van der Waals surface area contributed by atoms with Crippen LogP contribution in [0.2, 0.25) is 0 Å². The molecular weight excluding hydrogens is 328 g/mol. The summed E-state index contributed by atoms with van der Waals surface area (Å²) in [6.07, 6.45) is -3.33. The quantitative estimate of drug-likeness (QED) is 0.805. The van der Waals surface area contributed by atoms with Crippen LogP contribution in [0.3, 0.4) is 0 Å². The second-order valence-electron chi connectivity index (χ2n) is 6.03. The maximum atomic E-state index is 14.0. The van der Waals surface area contributed by atoms with Crippen LogP contribution in [0.1, 0.15) is 28.8 Å². The molecule has 0 unspecified atom stereocenters. The van der Waals surface area contributed by atoms with Gasteiger partial charge in [-0.2, -0.15) is 13.2 Å². The third-order valence-corrected chi connectivity index (χ3v) is 4.29. The van der Waals surface area contributed by atoms with Gasteiger partial charge in [0.25, 0.3) is 5.91 Å². The third-order valence-electron chi connectivity index (χ3n) is 4.29. The largest absolute Gasteiger partial charge is 0.419 e. The first-order valence-corrected chi connectivity index (χ1v) is 7.63. The van der Waals surface area contributed by atoms with Gasteiger partial charge >= 0.3 is 6.18 Å². The summed E-state index contributed by atoms with van der Waals surface area (Å²) < 4.78 is 57.4. The molecule has 1 aromatic rings. The third kappa shape index (κ3) is 4.24. The van der Waals surface area contributed by atoms with Crippen molar-refractivity contribution in [1.29, 1.82) is 0 Å². The van der Waals surface area contributed by atoms with E-state index < -0.39 is 29.0 Å². The first kappa shape index (κ1) is 18.7. The van der Waals surface area contributed by atoms with Gasteiger partial charge in [0.05, 0.1) is 17.7 Å². The Kier molecular flexibility index (Phi) is 5.82. The Hall–Kier alpha value is -1.67. The van der Waals surface area contributed by atoms with Gasteiger partial charge in [0, 0.05) is 19.1 Å². The first-order valence-electron chi connectivity index (χ1n) is 7.63. The minimum absolute atomic E-state index is 0.219. The van der Waals surface area contributed by atoms with Gasteiger partial charge in [-0.1, -0.05) is 6.07 Å². The number of methoxy groups -OCH3 is 1. The summed E-state index contributed by atoms with van der Waals surface area (Å²) in [7, 11) is 1.55. The van der Waals surface area contributed by atoms with Gasteiger partial charge in [-0.25, -0.2) is 4.39 Å². The number of piperidine rings is 1. The van der Waals surface area contributed by atoms with Crippen molar-refractivity contribution >= 4 is 5.91 Å². The lowest BCUT2D eigenvalue weighted by molar-refractivity contribution is -0.140. The van der Waals surface area contributed by atoms with Crippen LogP contribution in [-0.4, -0.2) is 39.3 Å². The zero-order chi connectivity index (χ0) is 17.8. The van der Waals surface area contributed by atoms with Crippen LogP contribution in [-0.2, 0) is 10.9 Å². The van der Waals surface area contributed by atoms with Crippen molar-refractivity contribution in [2.45, 2.75) is 19.0 Å². The highest BCUT2D eigenvalue weighted by atomic mass is 19.4. The molecule has 1 fully saturated rings. The lowest BCUT2D eigenvalue weighted by Crippen LogP contribution is -2.47. The SMILES string of the molecule is COCC1(CNC(=O)c2cccc(C(F)(F)F)c2F)CCNCC1. The molecular formula is C16H20F4N2O2. The van der Waals surface area contributed by atoms with E-state index in [4.69, 9.17) is 4.74 Å². The summed E-state index contributed by atoms with van der Waals surface area (Å²) in [4.78, 5) is 12.2. The van der Waals surface area contributed by atoms with Crippen molar-refractivity contribution in [3.8, 4) is 0 Å². The molecule has 1 aliphatic heterocycles. The molecule has 0 aromatic heterocycles. The summed E-state index contributed by atoms with van der Waals surface area (Å²) in [6.45, 7) is 2.16. The Morgan fingerprint density at radius 1 is 1.33 bits per heavy atom. The van der Waals surface area contributed by atoms with Crippen LogP contribution in [0, 0.1) is 11.2 Å². The molecule has 0 bridgehead atoms. The Bertz CT molecular complexity index is 578. The summed E-state index contributed by atoms with van der Waals surface area (Å²) in [5, 5.41) is 5.76. The molecule has 2 N–H and O–H groups in total. The minimum Gasteiger partial charge on any atom is -0.384 e. The number of hydrogen-bond acceptors (Lipinski definition) is 3. The molecule has 1 saturated heterocycles. The second kappa shape index (κ2) is 7.48. The standard InChI is InChI=1S/C16H20F4N2O2/c1-24-10-15(5-7-21-8-6-15)9-22-14(23)11-3-2-4-12(13(11)17)16(18,19)20/h2-4,21H,5-10H2,1H3,(H,22,23). The van der Waals surface area contributed by atoms with E-state index in [2.05, 4.69) is 10.6 Å².